The normalized spacial score (nSPS) is 13.9. The van der Waals surface area contributed by atoms with E-state index in [-0.39, 0.29) is 5.97 Å². The van der Waals surface area contributed by atoms with E-state index in [1.54, 1.807) is 12.3 Å². The van der Waals surface area contributed by atoms with E-state index in [0.29, 0.717) is 12.2 Å². The number of nitrogens with zero attached hydrogens (tertiary/aromatic N) is 3. The van der Waals surface area contributed by atoms with Gasteiger partial charge in [0.1, 0.15) is 12.4 Å². The Hall–Kier alpha value is -2.43. The van der Waals surface area contributed by atoms with Crippen LogP contribution in [0.2, 0.25) is 0 Å². The number of hydrogen-bond donors (Lipinski definition) is 0. The highest BCUT2D eigenvalue weighted by Crippen LogP contribution is 2.19. The third kappa shape index (κ3) is 1.52. The molecular formula is C13H11N3O2. The highest BCUT2D eigenvalue weighted by Gasteiger charge is 2.18. The van der Waals surface area contributed by atoms with Gasteiger partial charge in [0.05, 0.1) is 30.1 Å². The van der Waals surface area contributed by atoms with Crippen LogP contribution < -0.4 is 0 Å². The van der Waals surface area contributed by atoms with Gasteiger partial charge in [0.25, 0.3) is 0 Å². The zero-order valence-electron chi connectivity index (χ0n) is 9.83. The third-order valence-electron chi connectivity index (χ3n) is 2.88. The Bertz CT molecular complexity index is 683. The molecule has 0 N–H and O–H groups in total. The fourth-order valence-corrected chi connectivity index (χ4v) is 2.06. The molecule has 0 saturated heterocycles. The van der Waals surface area contributed by atoms with Crippen LogP contribution in [0.4, 0.5) is 0 Å². The Kier molecular flexibility index (Phi) is 2.44. The van der Waals surface area contributed by atoms with Gasteiger partial charge < -0.3 is 9.14 Å². The zero-order valence-corrected chi connectivity index (χ0v) is 9.83. The average molecular weight is 241 g/mol. The van der Waals surface area contributed by atoms with Crippen molar-refractivity contribution in [2.75, 3.05) is 13.8 Å². The molecular weight excluding hydrogens is 230 g/mol. The minimum atomic E-state index is -0.347. The number of aromatic nitrogens is 1. The van der Waals surface area contributed by atoms with Crippen LogP contribution in [0.5, 0.6) is 0 Å². The van der Waals surface area contributed by atoms with Crippen LogP contribution >= 0.6 is 0 Å². The van der Waals surface area contributed by atoms with Gasteiger partial charge in [0.2, 0.25) is 0 Å². The molecule has 0 unspecified atom stereocenters. The van der Waals surface area contributed by atoms with Crippen LogP contribution in [0.15, 0.2) is 40.4 Å². The van der Waals surface area contributed by atoms with Gasteiger partial charge in [-0.2, -0.15) is 0 Å². The minimum absolute atomic E-state index is 0.347. The number of pyridine rings is 1. The summed E-state index contributed by atoms with van der Waals surface area (Å²) in [4.78, 5) is 20.1. The number of methoxy groups -OCH3 is 1. The standard InChI is InChI=1S/C13H11N3O2/c1-18-13(17)9-6-12(10-7-14-8-15-10)16-5-3-2-4-11(9)16/h2-7H,8H2,1H3. The van der Waals surface area contributed by atoms with Crippen molar-refractivity contribution >= 4 is 23.4 Å². The monoisotopic (exact) mass is 241 g/mol. The lowest BCUT2D eigenvalue weighted by atomic mass is 10.2. The van der Waals surface area contributed by atoms with Crippen molar-refractivity contribution in [2.24, 2.45) is 9.98 Å². The van der Waals surface area contributed by atoms with Gasteiger partial charge in [-0.15, -0.1) is 0 Å². The molecule has 1 aliphatic rings. The molecule has 3 heterocycles. The van der Waals surface area contributed by atoms with Crippen molar-refractivity contribution < 1.29 is 9.53 Å². The first-order valence-corrected chi connectivity index (χ1v) is 5.54. The summed E-state index contributed by atoms with van der Waals surface area (Å²) in [5.41, 5.74) is 2.98. The lowest BCUT2D eigenvalue weighted by Crippen LogP contribution is -2.03. The molecule has 1 aliphatic heterocycles. The predicted molar refractivity (Wildman–Crippen MR) is 68.6 cm³/mol. The van der Waals surface area contributed by atoms with Crippen molar-refractivity contribution in [1.82, 2.24) is 4.40 Å². The van der Waals surface area contributed by atoms with Crippen molar-refractivity contribution in [3.05, 3.63) is 41.7 Å². The second kappa shape index (κ2) is 4.10. The molecule has 5 heteroatoms. The molecule has 0 spiro atoms. The summed E-state index contributed by atoms with van der Waals surface area (Å²) in [6.45, 7) is 0.447. The minimum Gasteiger partial charge on any atom is -0.465 e. The highest BCUT2D eigenvalue weighted by molar-refractivity contribution is 6.39. The van der Waals surface area contributed by atoms with Crippen molar-refractivity contribution in [1.29, 1.82) is 0 Å². The Morgan fingerprint density at radius 1 is 1.44 bits per heavy atom. The topological polar surface area (TPSA) is 55.4 Å². The quantitative estimate of drug-likeness (QED) is 0.749. The lowest BCUT2D eigenvalue weighted by Gasteiger charge is -2.00. The van der Waals surface area contributed by atoms with E-state index in [2.05, 4.69) is 9.98 Å². The number of hydrogen-bond acceptors (Lipinski definition) is 4. The summed E-state index contributed by atoms with van der Waals surface area (Å²) in [6.07, 6.45) is 3.61. The average Bonchev–Trinajstić information content (AvgIpc) is 3.04. The lowest BCUT2D eigenvalue weighted by molar-refractivity contribution is 0.0603. The smallest absolute Gasteiger partial charge is 0.340 e. The molecule has 0 bridgehead atoms. The van der Waals surface area contributed by atoms with E-state index in [0.717, 1.165) is 16.9 Å². The molecule has 0 radical (unpaired) electrons. The summed E-state index contributed by atoms with van der Waals surface area (Å²) in [5, 5.41) is 0. The summed E-state index contributed by atoms with van der Waals surface area (Å²) < 4.78 is 6.71. The molecule has 2 aromatic rings. The second-order valence-corrected chi connectivity index (χ2v) is 3.89. The van der Waals surface area contributed by atoms with Gasteiger partial charge in [-0.1, -0.05) is 6.07 Å². The molecule has 0 atom stereocenters. The first-order chi connectivity index (χ1) is 8.81. The van der Waals surface area contributed by atoms with E-state index >= 15 is 0 Å². The summed E-state index contributed by atoms with van der Waals surface area (Å²) >= 11 is 0. The molecule has 2 aromatic heterocycles. The summed E-state index contributed by atoms with van der Waals surface area (Å²) in [6, 6.07) is 7.46. The number of fused-ring (bicyclic) bond motifs is 1. The fraction of sp³-hybridized carbons (Fsp3) is 0.154. The van der Waals surface area contributed by atoms with Crippen LogP contribution in [-0.4, -0.2) is 36.1 Å². The molecule has 5 nitrogen and oxygen atoms in total. The zero-order chi connectivity index (χ0) is 12.5. The number of carbonyl (C=O) groups is 1. The van der Waals surface area contributed by atoms with Crippen LogP contribution in [-0.2, 0) is 4.74 Å². The van der Waals surface area contributed by atoms with E-state index in [1.807, 2.05) is 28.8 Å². The van der Waals surface area contributed by atoms with Gasteiger partial charge in [0, 0.05) is 6.20 Å². The SMILES string of the molecule is COC(=O)c1cc(C2=NCN=C2)n2ccccc12. The number of esters is 1. The van der Waals surface area contributed by atoms with Gasteiger partial charge >= 0.3 is 5.97 Å². The molecule has 3 rings (SSSR count). The second-order valence-electron chi connectivity index (χ2n) is 3.89. The Labute approximate surface area is 103 Å². The van der Waals surface area contributed by atoms with E-state index in [4.69, 9.17) is 4.74 Å². The summed E-state index contributed by atoms with van der Waals surface area (Å²) in [7, 11) is 1.38. The number of rotatable bonds is 2. The van der Waals surface area contributed by atoms with Crippen LogP contribution in [0.1, 0.15) is 16.1 Å². The van der Waals surface area contributed by atoms with E-state index < -0.39 is 0 Å². The maximum atomic E-state index is 11.7. The highest BCUT2D eigenvalue weighted by atomic mass is 16.5. The molecule has 90 valence electrons. The first-order valence-electron chi connectivity index (χ1n) is 5.54. The van der Waals surface area contributed by atoms with Crippen molar-refractivity contribution in [3.8, 4) is 0 Å². The molecule has 0 saturated carbocycles. The molecule has 0 amide bonds. The van der Waals surface area contributed by atoms with Crippen molar-refractivity contribution in [2.45, 2.75) is 0 Å². The Morgan fingerprint density at radius 3 is 3.06 bits per heavy atom. The molecule has 0 aromatic carbocycles. The molecule has 0 fully saturated rings. The maximum Gasteiger partial charge on any atom is 0.340 e. The Morgan fingerprint density at radius 2 is 2.33 bits per heavy atom. The molecule has 18 heavy (non-hydrogen) atoms. The number of ether oxygens (including phenoxy) is 1. The van der Waals surface area contributed by atoms with Crippen LogP contribution in [0, 0.1) is 0 Å². The van der Waals surface area contributed by atoms with Gasteiger partial charge in [-0.25, -0.2) is 4.79 Å². The van der Waals surface area contributed by atoms with Crippen molar-refractivity contribution in [3.63, 3.8) is 0 Å². The van der Waals surface area contributed by atoms with Crippen LogP contribution in [0.25, 0.3) is 5.52 Å². The number of carbonyl (C=O) groups excluding carboxylic acids is 1. The van der Waals surface area contributed by atoms with Gasteiger partial charge in [-0.3, -0.25) is 9.98 Å². The number of aliphatic imine (C=N–C) groups is 2. The van der Waals surface area contributed by atoms with Gasteiger partial charge in [0.15, 0.2) is 0 Å². The Balaban J connectivity index is 2.27. The van der Waals surface area contributed by atoms with E-state index in [1.165, 1.54) is 7.11 Å². The van der Waals surface area contributed by atoms with Gasteiger partial charge in [-0.05, 0) is 18.2 Å². The summed E-state index contributed by atoms with van der Waals surface area (Å²) in [5.74, 6) is -0.347. The first kappa shape index (κ1) is 10.7. The molecule has 0 aliphatic carbocycles. The van der Waals surface area contributed by atoms with Crippen LogP contribution in [0.3, 0.4) is 0 Å². The predicted octanol–water partition coefficient (Wildman–Crippen LogP) is 1.56. The third-order valence-corrected chi connectivity index (χ3v) is 2.88. The maximum absolute atomic E-state index is 11.7. The van der Waals surface area contributed by atoms with E-state index in [9.17, 15) is 4.79 Å². The fourth-order valence-electron chi connectivity index (χ4n) is 2.06. The largest absolute Gasteiger partial charge is 0.465 e.